The molecule has 2 rings (SSSR count). The van der Waals surface area contributed by atoms with Gasteiger partial charge in [-0.05, 0) is 11.4 Å². The van der Waals surface area contributed by atoms with E-state index in [0.717, 1.165) is 11.3 Å². The Balaban J connectivity index is 1.89. The first-order valence-corrected chi connectivity index (χ1v) is 7.84. The molecule has 2 heterocycles. The Labute approximate surface area is 110 Å². The molecule has 0 saturated carbocycles. The number of sulfonamides is 1. The quantitative estimate of drug-likeness (QED) is 0.839. The molecule has 0 radical (unpaired) electrons. The number of nitrogens with one attached hydrogen (secondary N) is 1. The van der Waals surface area contributed by atoms with Crippen molar-refractivity contribution in [2.75, 3.05) is 32.8 Å². The molecule has 18 heavy (non-hydrogen) atoms. The van der Waals surface area contributed by atoms with Crippen LogP contribution in [0.3, 0.4) is 0 Å². The molecule has 1 N–H and O–H groups in total. The summed E-state index contributed by atoms with van der Waals surface area (Å²) >= 11 is 1.12. The Morgan fingerprint density at radius 2 is 2.17 bits per heavy atom. The lowest BCUT2D eigenvalue weighted by Gasteiger charge is -2.26. The van der Waals surface area contributed by atoms with Gasteiger partial charge in [-0.3, -0.25) is 4.79 Å². The Kier molecular flexibility index (Phi) is 4.33. The van der Waals surface area contributed by atoms with E-state index in [0.29, 0.717) is 26.3 Å². The van der Waals surface area contributed by atoms with Crippen LogP contribution in [0.25, 0.3) is 0 Å². The largest absolute Gasteiger partial charge is 0.378 e. The van der Waals surface area contributed by atoms with Crippen molar-refractivity contribution in [2.24, 2.45) is 0 Å². The molecule has 6 nitrogen and oxygen atoms in total. The zero-order valence-electron chi connectivity index (χ0n) is 9.66. The van der Waals surface area contributed by atoms with E-state index in [1.807, 2.05) is 0 Å². The van der Waals surface area contributed by atoms with Crippen LogP contribution >= 0.6 is 11.3 Å². The van der Waals surface area contributed by atoms with Crippen LogP contribution in [0.2, 0.25) is 0 Å². The van der Waals surface area contributed by atoms with Gasteiger partial charge in [0.05, 0.1) is 19.8 Å². The molecule has 1 aliphatic rings. The summed E-state index contributed by atoms with van der Waals surface area (Å²) in [6.07, 6.45) is 0. The highest BCUT2D eigenvalue weighted by atomic mass is 32.2. The summed E-state index contributed by atoms with van der Waals surface area (Å²) in [6, 6.07) is 3.16. The summed E-state index contributed by atoms with van der Waals surface area (Å²) in [5.74, 6) is -0.224. The minimum atomic E-state index is -3.56. The van der Waals surface area contributed by atoms with Gasteiger partial charge in [0.25, 0.3) is 10.0 Å². The molecular weight excluding hydrogens is 276 g/mol. The van der Waals surface area contributed by atoms with Gasteiger partial charge in [0, 0.05) is 13.1 Å². The molecule has 1 aromatic rings. The van der Waals surface area contributed by atoms with Gasteiger partial charge in [0.15, 0.2) is 0 Å². The summed E-state index contributed by atoms with van der Waals surface area (Å²) in [7, 11) is -3.56. The Bertz CT molecular complexity index is 492. The van der Waals surface area contributed by atoms with E-state index in [2.05, 4.69) is 4.72 Å². The second-order valence-corrected chi connectivity index (χ2v) is 6.69. The molecule has 1 aromatic heterocycles. The molecule has 0 spiro atoms. The number of carbonyl (C=O) groups excluding carboxylic acids is 1. The number of hydrogen-bond donors (Lipinski definition) is 1. The number of ether oxygens (including phenoxy) is 1. The van der Waals surface area contributed by atoms with Crippen LogP contribution in [0.15, 0.2) is 21.7 Å². The van der Waals surface area contributed by atoms with Crippen LogP contribution in [-0.4, -0.2) is 52.1 Å². The number of rotatable bonds is 4. The predicted octanol–water partition coefficient (Wildman–Crippen LogP) is -0.115. The summed E-state index contributed by atoms with van der Waals surface area (Å²) in [5, 5.41) is 1.68. The summed E-state index contributed by atoms with van der Waals surface area (Å²) in [6.45, 7) is 1.83. The fourth-order valence-electron chi connectivity index (χ4n) is 1.57. The molecule has 1 saturated heterocycles. The highest BCUT2D eigenvalue weighted by Crippen LogP contribution is 2.14. The third kappa shape index (κ3) is 3.29. The molecule has 0 unspecified atom stereocenters. The lowest BCUT2D eigenvalue weighted by molar-refractivity contribution is -0.133. The van der Waals surface area contributed by atoms with E-state index in [-0.39, 0.29) is 16.7 Å². The summed E-state index contributed by atoms with van der Waals surface area (Å²) in [4.78, 5) is 13.4. The van der Waals surface area contributed by atoms with Crippen molar-refractivity contribution in [3.8, 4) is 0 Å². The van der Waals surface area contributed by atoms with Crippen molar-refractivity contribution in [3.63, 3.8) is 0 Å². The van der Waals surface area contributed by atoms with Crippen LogP contribution in [0.1, 0.15) is 0 Å². The molecule has 0 atom stereocenters. The van der Waals surface area contributed by atoms with Crippen molar-refractivity contribution < 1.29 is 17.9 Å². The second kappa shape index (κ2) is 5.79. The first-order valence-electron chi connectivity index (χ1n) is 5.48. The molecule has 0 aliphatic carbocycles. The minimum absolute atomic E-state index is 0.208. The highest BCUT2D eigenvalue weighted by molar-refractivity contribution is 7.91. The highest BCUT2D eigenvalue weighted by Gasteiger charge is 2.20. The molecule has 1 amide bonds. The van der Waals surface area contributed by atoms with Gasteiger partial charge < -0.3 is 9.64 Å². The zero-order valence-corrected chi connectivity index (χ0v) is 11.3. The van der Waals surface area contributed by atoms with Gasteiger partial charge in [-0.1, -0.05) is 6.07 Å². The van der Waals surface area contributed by atoms with Crippen molar-refractivity contribution in [1.82, 2.24) is 9.62 Å². The number of amides is 1. The lowest BCUT2D eigenvalue weighted by atomic mass is 10.4. The van der Waals surface area contributed by atoms with E-state index >= 15 is 0 Å². The van der Waals surface area contributed by atoms with Gasteiger partial charge in [-0.2, -0.15) is 0 Å². The van der Waals surface area contributed by atoms with Gasteiger partial charge in [0.2, 0.25) is 5.91 Å². The van der Waals surface area contributed by atoms with E-state index < -0.39 is 10.0 Å². The fraction of sp³-hybridized carbons (Fsp3) is 0.500. The first-order chi connectivity index (χ1) is 8.59. The first kappa shape index (κ1) is 13.5. The van der Waals surface area contributed by atoms with Crippen LogP contribution in [-0.2, 0) is 19.6 Å². The van der Waals surface area contributed by atoms with Gasteiger partial charge in [0.1, 0.15) is 4.21 Å². The Morgan fingerprint density at radius 1 is 1.44 bits per heavy atom. The lowest BCUT2D eigenvalue weighted by Crippen LogP contribution is -2.45. The van der Waals surface area contributed by atoms with Crippen LogP contribution in [0.5, 0.6) is 0 Å². The number of hydrogen-bond acceptors (Lipinski definition) is 5. The van der Waals surface area contributed by atoms with E-state index in [4.69, 9.17) is 4.74 Å². The average molecular weight is 290 g/mol. The molecule has 0 bridgehead atoms. The van der Waals surface area contributed by atoms with Gasteiger partial charge in [-0.15, -0.1) is 11.3 Å². The number of nitrogens with zero attached hydrogens (tertiary/aromatic N) is 1. The van der Waals surface area contributed by atoms with Crippen molar-refractivity contribution in [2.45, 2.75) is 4.21 Å². The van der Waals surface area contributed by atoms with Crippen LogP contribution in [0, 0.1) is 0 Å². The number of carbonyl (C=O) groups is 1. The fourth-order valence-corrected chi connectivity index (χ4v) is 3.58. The average Bonchev–Trinajstić information content (AvgIpc) is 2.92. The molecule has 1 aliphatic heterocycles. The molecule has 8 heteroatoms. The smallest absolute Gasteiger partial charge is 0.250 e. The molecule has 1 fully saturated rings. The topological polar surface area (TPSA) is 75.7 Å². The molecular formula is C10H14N2O4S2. The normalized spacial score (nSPS) is 16.8. The number of thiophene rings is 1. The number of morpholine rings is 1. The van der Waals surface area contributed by atoms with Crippen LogP contribution in [0.4, 0.5) is 0 Å². The van der Waals surface area contributed by atoms with E-state index in [1.165, 1.54) is 6.07 Å². The molecule has 100 valence electrons. The minimum Gasteiger partial charge on any atom is -0.378 e. The van der Waals surface area contributed by atoms with Gasteiger partial charge >= 0.3 is 0 Å². The van der Waals surface area contributed by atoms with Gasteiger partial charge in [-0.25, -0.2) is 13.1 Å². The zero-order chi connectivity index (χ0) is 13.0. The predicted molar refractivity (Wildman–Crippen MR) is 66.9 cm³/mol. The third-order valence-corrected chi connectivity index (χ3v) is 5.34. The SMILES string of the molecule is O=C(CNS(=O)(=O)c1cccs1)N1CCOCC1. The molecule has 0 aromatic carbocycles. The van der Waals surface area contributed by atoms with Crippen molar-refractivity contribution in [3.05, 3.63) is 17.5 Å². The van der Waals surface area contributed by atoms with E-state index in [9.17, 15) is 13.2 Å². The monoisotopic (exact) mass is 290 g/mol. The summed E-state index contributed by atoms with van der Waals surface area (Å²) < 4.78 is 31.2. The maximum absolute atomic E-state index is 11.8. The van der Waals surface area contributed by atoms with Crippen molar-refractivity contribution in [1.29, 1.82) is 0 Å². The summed E-state index contributed by atoms with van der Waals surface area (Å²) in [5.41, 5.74) is 0. The maximum atomic E-state index is 11.8. The van der Waals surface area contributed by atoms with Crippen molar-refractivity contribution >= 4 is 27.3 Å². The Hall–Kier alpha value is -0.960. The second-order valence-electron chi connectivity index (χ2n) is 3.75. The van der Waals surface area contributed by atoms with E-state index in [1.54, 1.807) is 16.3 Å². The Morgan fingerprint density at radius 3 is 2.78 bits per heavy atom. The third-order valence-electron chi connectivity index (χ3n) is 2.54. The van der Waals surface area contributed by atoms with Crippen LogP contribution < -0.4 is 4.72 Å². The standard InChI is InChI=1S/C10H14N2O4S2/c13-9(12-3-5-16-6-4-12)8-11-18(14,15)10-2-1-7-17-10/h1-2,7,11H,3-6,8H2. The maximum Gasteiger partial charge on any atom is 0.250 e.